The minimum Gasteiger partial charge on any atom is -0.399 e. The van der Waals surface area contributed by atoms with Crippen LogP contribution in [0.25, 0.3) is 0 Å². The number of carbonyl (C=O) groups excluding carboxylic acids is 1. The first-order valence-electron chi connectivity index (χ1n) is 5.14. The second kappa shape index (κ2) is 6.24. The fourth-order valence-corrected chi connectivity index (χ4v) is 1.61. The Labute approximate surface area is 101 Å². The largest absolute Gasteiger partial charge is 0.399 e. The summed E-state index contributed by atoms with van der Waals surface area (Å²) in [6.07, 6.45) is 0.906. The number of aryl methyl sites for hydroxylation is 1. The number of rotatable bonds is 2. The maximum Gasteiger partial charge on any atom is 0.186 e. The summed E-state index contributed by atoms with van der Waals surface area (Å²) in [5, 5.41) is 0.0980. The fourth-order valence-electron chi connectivity index (χ4n) is 1.27. The summed E-state index contributed by atoms with van der Waals surface area (Å²) in [7, 11) is 0. The highest BCUT2D eigenvalue weighted by Gasteiger charge is 1.96. The molecule has 0 saturated heterocycles. The molecule has 3 heteroatoms. The average Bonchev–Trinajstić information content (AvgIpc) is 2.26. The highest BCUT2D eigenvalue weighted by atomic mass is 32.2. The van der Waals surface area contributed by atoms with E-state index in [9.17, 15) is 4.79 Å². The molecule has 0 saturated carbocycles. The van der Waals surface area contributed by atoms with Crippen molar-refractivity contribution >= 4 is 22.6 Å². The van der Waals surface area contributed by atoms with Gasteiger partial charge in [0.25, 0.3) is 0 Å². The first-order chi connectivity index (χ1) is 7.63. The molecule has 0 aliphatic carbocycles. The van der Waals surface area contributed by atoms with Crippen molar-refractivity contribution in [1.29, 1.82) is 0 Å². The summed E-state index contributed by atoms with van der Waals surface area (Å²) < 4.78 is 0. The molecule has 0 aliphatic rings. The first kappa shape index (κ1) is 12.7. The van der Waals surface area contributed by atoms with E-state index in [1.165, 1.54) is 11.8 Å². The maximum absolute atomic E-state index is 10.7. The average molecular weight is 233 g/mol. The number of benzene rings is 1. The molecule has 0 amide bonds. The summed E-state index contributed by atoms with van der Waals surface area (Å²) in [5.74, 6) is 6.52. The van der Waals surface area contributed by atoms with Crippen LogP contribution >= 0.6 is 11.8 Å². The normalized spacial score (nSPS) is 9.38. The van der Waals surface area contributed by atoms with Gasteiger partial charge in [0.05, 0.1) is 5.75 Å². The van der Waals surface area contributed by atoms with Gasteiger partial charge in [-0.15, -0.1) is 0 Å². The standard InChI is InChI=1S/C13H15NOS/c1-3-12-9-11(6-7-13(12)14)5-4-8-16-10(2)15/h6-7,9H,3,8,14H2,1-2H3. The molecular weight excluding hydrogens is 218 g/mol. The monoisotopic (exact) mass is 233 g/mol. The number of anilines is 1. The van der Waals surface area contributed by atoms with Crippen LogP contribution in [-0.2, 0) is 11.2 Å². The van der Waals surface area contributed by atoms with Crippen LogP contribution in [0.2, 0.25) is 0 Å². The fraction of sp³-hybridized carbons (Fsp3) is 0.308. The van der Waals surface area contributed by atoms with Crippen LogP contribution < -0.4 is 5.73 Å². The Morgan fingerprint density at radius 3 is 2.88 bits per heavy atom. The van der Waals surface area contributed by atoms with E-state index in [0.29, 0.717) is 5.75 Å². The van der Waals surface area contributed by atoms with Crippen molar-refractivity contribution in [2.45, 2.75) is 20.3 Å². The topological polar surface area (TPSA) is 43.1 Å². The quantitative estimate of drug-likeness (QED) is 0.630. The van der Waals surface area contributed by atoms with Gasteiger partial charge in [0.1, 0.15) is 0 Å². The van der Waals surface area contributed by atoms with Gasteiger partial charge in [-0.3, -0.25) is 4.79 Å². The van der Waals surface area contributed by atoms with E-state index in [1.54, 1.807) is 6.92 Å². The summed E-state index contributed by atoms with van der Waals surface area (Å²) in [6.45, 7) is 3.61. The molecule has 0 unspecified atom stereocenters. The van der Waals surface area contributed by atoms with E-state index in [1.807, 2.05) is 18.2 Å². The van der Waals surface area contributed by atoms with Gasteiger partial charge >= 0.3 is 0 Å². The third-order valence-corrected chi connectivity index (χ3v) is 2.80. The molecule has 0 radical (unpaired) electrons. The van der Waals surface area contributed by atoms with Gasteiger partial charge in [0, 0.05) is 18.2 Å². The van der Waals surface area contributed by atoms with Gasteiger partial charge in [-0.05, 0) is 30.2 Å². The molecule has 2 N–H and O–H groups in total. The number of hydrogen-bond acceptors (Lipinski definition) is 3. The van der Waals surface area contributed by atoms with Crippen LogP contribution in [-0.4, -0.2) is 10.9 Å². The van der Waals surface area contributed by atoms with Crippen LogP contribution in [0.5, 0.6) is 0 Å². The number of thioether (sulfide) groups is 1. The number of carbonyl (C=O) groups is 1. The molecule has 1 aromatic carbocycles. The molecule has 0 spiro atoms. The predicted molar refractivity (Wildman–Crippen MR) is 70.2 cm³/mol. The lowest BCUT2D eigenvalue weighted by Gasteiger charge is -2.02. The van der Waals surface area contributed by atoms with Crippen molar-refractivity contribution in [2.75, 3.05) is 11.5 Å². The maximum atomic E-state index is 10.7. The van der Waals surface area contributed by atoms with E-state index in [4.69, 9.17) is 5.73 Å². The van der Waals surface area contributed by atoms with Crippen molar-refractivity contribution in [1.82, 2.24) is 0 Å². The van der Waals surface area contributed by atoms with E-state index >= 15 is 0 Å². The van der Waals surface area contributed by atoms with Gasteiger partial charge in [0.15, 0.2) is 5.12 Å². The van der Waals surface area contributed by atoms with Crippen LogP contribution in [0.1, 0.15) is 25.0 Å². The van der Waals surface area contributed by atoms with E-state index < -0.39 is 0 Å². The molecular formula is C13H15NOS. The third-order valence-electron chi connectivity index (χ3n) is 2.10. The Hall–Kier alpha value is -1.40. The highest BCUT2D eigenvalue weighted by molar-refractivity contribution is 8.13. The van der Waals surface area contributed by atoms with E-state index in [2.05, 4.69) is 18.8 Å². The zero-order valence-corrected chi connectivity index (χ0v) is 10.4. The second-order valence-corrected chi connectivity index (χ2v) is 4.50. The molecule has 0 aromatic heterocycles. The van der Waals surface area contributed by atoms with Gasteiger partial charge in [-0.2, -0.15) is 0 Å². The van der Waals surface area contributed by atoms with Gasteiger partial charge in [-0.1, -0.05) is 30.5 Å². The molecule has 0 aliphatic heterocycles. The molecule has 16 heavy (non-hydrogen) atoms. The Morgan fingerprint density at radius 1 is 1.50 bits per heavy atom. The Bertz CT molecular complexity index is 443. The van der Waals surface area contributed by atoms with Gasteiger partial charge < -0.3 is 5.73 Å². The van der Waals surface area contributed by atoms with Crippen LogP contribution in [0, 0.1) is 11.8 Å². The minimum absolute atomic E-state index is 0.0980. The smallest absolute Gasteiger partial charge is 0.186 e. The SMILES string of the molecule is CCc1cc(C#CCSC(C)=O)ccc1N. The zero-order chi connectivity index (χ0) is 12.0. The molecule has 2 nitrogen and oxygen atoms in total. The second-order valence-electron chi connectivity index (χ2n) is 3.35. The van der Waals surface area contributed by atoms with Crippen LogP contribution in [0.4, 0.5) is 5.69 Å². The lowest BCUT2D eigenvalue weighted by molar-refractivity contribution is -0.109. The lowest BCUT2D eigenvalue weighted by atomic mass is 10.1. The van der Waals surface area contributed by atoms with Gasteiger partial charge in [-0.25, -0.2) is 0 Å². The van der Waals surface area contributed by atoms with Crippen molar-refractivity contribution in [3.63, 3.8) is 0 Å². The summed E-state index contributed by atoms with van der Waals surface area (Å²) in [4.78, 5) is 10.7. The molecule has 1 rings (SSSR count). The summed E-state index contributed by atoms with van der Waals surface area (Å²) >= 11 is 1.23. The van der Waals surface area contributed by atoms with E-state index in [0.717, 1.165) is 23.2 Å². The third kappa shape index (κ3) is 4.00. The Balaban J connectivity index is 2.70. The van der Waals surface area contributed by atoms with Gasteiger partial charge in [0.2, 0.25) is 0 Å². The number of hydrogen-bond donors (Lipinski definition) is 1. The Kier molecular flexibility index (Phi) is 4.94. The molecule has 0 atom stereocenters. The first-order valence-corrected chi connectivity index (χ1v) is 6.12. The van der Waals surface area contributed by atoms with Crippen molar-refractivity contribution < 1.29 is 4.79 Å². The molecule has 0 bridgehead atoms. The highest BCUT2D eigenvalue weighted by Crippen LogP contribution is 2.14. The number of nitrogens with two attached hydrogens (primary N) is 1. The van der Waals surface area contributed by atoms with Crippen LogP contribution in [0.15, 0.2) is 18.2 Å². The zero-order valence-electron chi connectivity index (χ0n) is 9.54. The molecule has 84 valence electrons. The van der Waals surface area contributed by atoms with Crippen molar-refractivity contribution in [3.05, 3.63) is 29.3 Å². The van der Waals surface area contributed by atoms with Crippen molar-refractivity contribution in [2.24, 2.45) is 0 Å². The Morgan fingerprint density at radius 2 is 2.25 bits per heavy atom. The lowest BCUT2D eigenvalue weighted by Crippen LogP contribution is -1.93. The van der Waals surface area contributed by atoms with Crippen LogP contribution in [0.3, 0.4) is 0 Å². The number of nitrogen functional groups attached to an aromatic ring is 1. The van der Waals surface area contributed by atoms with Crippen molar-refractivity contribution in [3.8, 4) is 11.8 Å². The molecule has 1 aromatic rings. The predicted octanol–water partition coefficient (Wildman–Crippen LogP) is 2.46. The van der Waals surface area contributed by atoms with E-state index in [-0.39, 0.29) is 5.12 Å². The molecule has 0 heterocycles. The summed E-state index contributed by atoms with van der Waals surface area (Å²) in [5.41, 5.74) is 8.68. The summed E-state index contributed by atoms with van der Waals surface area (Å²) in [6, 6.07) is 5.78. The molecule has 0 fully saturated rings. The minimum atomic E-state index is 0.0980.